The summed E-state index contributed by atoms with van der Waals surface area (Å²) in [7, 11) is -7.71. The summed E-state index contributed by atoms with van der Waals surface area (Å²) in [6.45, 7) is 2.14. The van der Waals surface area contributed by atoms with Crippen LogP contribution in [0.25, 0.3) is 0 Å². The number of hydrogen-bond acceptors (Lipinski definition) is 5. The van der Waals surface area contributed by atoms with Gasteiger partial charge in [0.2, 0.25) is 10.0 Å². The molecule has 0 bridgehead atoms. The number of morpholine rings is 1. The number of rotatable bonds is 3. The molecule has 6 nitrogen and oxygen atoms in total. The van der Waals surface area contributed by atoms with Crippen LogP contribution in [0.4, 0.5) is 4.39 Å². The van der Waals surface area contributed by atoms with Crippen molar-refractivity contribution in [2.24, 2.45) is 0 Å². The lowest BCUT2D eigenvalue weighted by atomic mass is 10.3. The minimum atomic E-state index is -4.09. The summed E-state index contributed by atoms with van der Waals surface area (Å²) in [5, 5.41) is 0. The van der Waals surface area contributed by atoms with E-state index >= 15 is 0 Å². The summed E-state index contributed by atoms with van der Waals surface area (Å²) < 4.78 is 68.2. The molecule has 1 aromatic carbocycles. The number of halogens is 1. The van der Waals surface area contributed by atoms with Crippen LogP contribution in [0, 0.1) is 5.82 Å². The lowest BCUT2D eigenvalue weighted by Gasteiger charge is -2.30. The van der Waals surface area contributed by atoms with Crippen LogP contribution >= 0.6 is 0 Å². The fourth-order valence-electron chi connectivity index (χ4n) is 2.06. The summed E-state index contributed by atoms with van der Waals surface area (Å²) in [6.07, 6.45) is 0.641. The predicted molar refractivity (Wildman–Crippen MR) is 73.7 cm³/mol. The average Bonchev–Trinajstić information content (AvgIpc) is 2.37. The Morgan fingerprint density at radius 3 is 2.52 bits per heavy atom. The van der Waals surface area contributed by atoms with Gasteiger partial charge in [-0.2, -0.15) is 4.31 Å². The molecule has 0 N–H and O–H groups in total. The minimum absolute atomic E-state index is 0.102. The van der Waals surface area contributed by atoms with Crippen molar-refractivity contribution >= 4 is 19.9 Å². The number of nitrogens with zero attached hydrogens (tertiary/aromatic N) is 1. The first kappa shape index (κ1) is 16.3. The summed E-state index contributed by atoms with van der Waals surface area (Å²) >= 11 is 0. The monoisotopic (exact) mass is 337 g/mol. The number of ether oxygens (including phenoxy) is 1. The van der Waals surface area contributed by atoms with Gasteiger partial charge in [0.15, 0.2) is 9.84 Å². The van der Waals surface area contributed by atoms with Gasteiger partial charge < -0.3 is 4.74 Å². The van der Waals surface area contributed by atoms with Crippen molar-refractivity contribution in [2.75, 3.05) is 26.0 Å². The highest BCUT2D eigenvalue weighted by Crippen LogP contribution is 2.24. The Hall–Kier alpha value is -1.03. The van der Waals surface area contributed by atoms with E-state index in [0.29, 0.717) is 0 Å². The van der Waals surface area contributed by atoms with Crippen molar-refractivity contribution in [1.82, 2.24) is 4.31 Å². The van der Waals surface area contributed by atoms with Gasteiger partial charge in [0.25, 0.3) is 0 Å². The van der Waals surface area contributed by atoms with E-state index in [4.69, 9.17) is 4.74 Å². The van der Waals surface area contributed by atoms with E-state index in [1.165, 1.54) is 0 Å². The molecule has 2 rings (SSSR count). The fourth-order valence-corrected chi connectivity index (χ4v) is 4.37. The maximum atomic E-state index is 13.9. The fraction of sp³-hybridized carbons (Fsp3) is 0.500. The molecule has 1 saturated heterocycles. The second kappa shape index (κ2) is 5.64. The smallest absolute Gasteiger partial charge is 0.246 e. The van der Waals surface area contributed by atoms with E-state index in [1.807, 2.05) is 0 Å². The van der Waals surface area contributed by atoms with Gasteiger partial charge >= 0.3 is 0 Å². The zero-order valence-corrected chi connectivity index (χ0v) is 13.2. The van der Waals surface area contributed by atoms with Crippen molar-refractivity contribution < 1.29 is 26.0 Å². The van der Waals surface area contributed by atoms with Gasteiger partial charge in [0.1, 0.15) is 10.7 Å². The summed E-state index contributed by atoms with van der Waals surface area (Å²) in [5.74, 6) is -0.971. The number of benzene rings is 1. The lowest BCUT2D eigenvalue weighted by Crippen LogP contribution is -2.44. The lowest BCUT2D eigenvalue weighted by molar-refractivity contribution is 0.0101. The van der Waals surface area contributed by atoms with E-state index in [1.54, 1.807) is 6.92 Å². The molecule has 0 amide bonds. The molecule has 0 saturated carbocycles. The van der Waals surface area contributed by atoms with E-state index in [0.717, 1.165) is 28.8 Å². The molecule has 1 atom stereocenters. The Kier molecular flexibility index (Phi) is 4.39. The molecule has 21 heavy (non-hydrogen) atoms. The first-order valence-electron chi connectivity index (χ1n) is 6.24. The first-order chi connectivity index (χ1) is 9.62. The molecule has 1 unspecified atom stereocenters. The quantitative estimate of drug-likeness (QED) is 0.756. The highest BCUT2D eigenvalue weighted by molar-refractivity contribution is 7.91. The SMILES string of the molecule is CC1CN(S(=O)(=O)c2cc(S(C)(=O)=O)ccc2F)CCO1. The van der Waals surface area contributed by atoms with Crippen LogP contribution in [0.3, 0.4) is 0 Å². The normalized spacial score (nSPS) is 21.4. The molecule has 9 heteroatoms. The largest absolute Gasteiger partial charge is 0.376 e. The molecule has 1 fully saturated rings. The third kappa shape index (κ3) is 3.42. The zero-order chi connectivity index (χ0) is 15.8. The number of sulfonamides is 1. The van der Waals surface area contributed by atoms with Gasteiger partial charge in [0.05, 0.1) is 17.6 Å². The van der Waals surface area contributed by atoms with Gasteiger partial charge in [-0.15, -0.1) is 0 Å². The molecule has 0 aliphatic carbocycles. The van der Waals surface area contributed by atoms with Crippen LogP contribution in [0.2, 0.25) is 0 Å². The topological polar surface area (TPSA) is 80.8 Å². The predicted octanol–water partition coefficient (Wildman–Crippen LogP) is 0.639. The summed E-state index contributed by atoms with van der Waals surface area (Å²) in [5.41, 5.74) is 0. The van der Waals surface area contributed by atoms with Crippen LogP contribution in [-0.2, 0) is 24.6 Å². The third-order valence-corrected chi connectivity index (χ3v) is 6.14. The molecule has 1 aromatic rings. The van der Waals surface area contributed by atoms with Crippen molar-refractivity contribution in [3.05, 3.63) is 24.0 Å². The van der Waals surface area contributed by atoms with Gasteiger partial charge in [-0.05, 0) is 25.1 Å². The maximum Gasteiger partial charge on any atom is 0.246 e. The molecular weight excluding hydrogens is 321 g/mol. The standard InChI is InChI=1S/C12H16FNO5S2/c1-9-8-14(5-6-19-9)21(17,18)12-7-10(20(2,15)16)3-4-11(12)13/h3-4,7,9H,5-6,8H2,1-2H3. The third-order valence-electron chi connectivity index (χ3n) is 3.15. The number of hydrogen-bond donors (Lipinski definition) is 0. The molecular formula is C12H16FNO5S2. The number of sulfone groups is 1. The highest BCUT2D eigenvalue weighted by atomic mass is 32.2. The van der Waals surface area contributed by atoms with Crippen molar-refractivity contribution in [1.29, 1.82) is 0 Å². The van der Waals surface area contributed by atoms with Crippen molar-refractivity contribution in [2.45, 2.75) is 22.8 Å². The molecule has 1 aliphatic heterocycles. The summed E-state index contributed by atoms with van der Waals surface area (Å²) in [4.78, 5) is -0.858. The van der Waals surface area contributed by atoms with Crippen LogP contribution < -0.4 is 0 Å². The van der Waals surface area contributed by atoms with Gasteiger partial charge in [0, 0.05) is 19.3 Å². The molecule has 118 valence electrons. The van der Waals surface area contributed by atoms with Crippen LogP contribution in [-0.4, -0.2) is 53.2 Å². The Labute approximate surface area is 123 Å². The van der Waals surface area contributed by atoms with E-state index in [2.05, 4.69) is 0 Å². The molecule has 0 spiro atoms. The van der Waals surface area contributed by atoms with Gasteiger partial charge in [-0.1, -0.05) is 0 Å². The zero-order valence-electron chi connectivity index (χ0n) is 11.6. The van der Waals surface area contributed by atoms with Crippen LogP contribution in [0.1, 0.15) is 6.92 Å². The minimum Gasteiger partial charge on any atom is -0.376 e. The van der Waals surface area contributed by atoms with Gasteiger partial charge in [-0.3, -0.25) is 0 Å². The Bertz CT molecular complexity index is 745. The highest BCUT2D eigenvalue weighted by Gasteiger charge is 2.32. The molecule has 1 aliphatic rings. The van der Waals surface area contributed by atoms with Crippen molar-refractivity contribution in [3.63, 3.8) is 0 Å². The Balaban J connectivity index is 2.49. The average molecular weight is 337 g/mol. The Morgan fingerprint density at radius 1 is 1.29 bits per heavy atom. The molecule has 1 heterocycles. The maximum absolute atomic E-state index is 13.9. The Morgan fingerprint density at radius 2 is 1.95 bits per heavy atom. The van der Waals surface area contributed by atoms with E-state index in [-0.39, 0.29) is 30.7 Å². The second-order valence-corrected chi connectivity index (χ2v) is 8.83. The van der Waals surface area contributed by atoms with Crippen LogP contribution in [0.5, 0.6) is 0 Å². The van der Waals surface area contributed by atoms with E-state index < -0.39 is 30.6 Å². The molecule has 0 aromatic heterocycles. The van der Waals surface area contributed by atoms with Gasteiger partial charge in [-0.25, -0.2) is 21.2 Å². The van der Waals surface area contributed by atoms with E-state index in [9.17, 15) is 21.2 Å². The van der Waals surface area contributed by atoms with Crippen molar-refractivity contribution in [3.8, 4) is 0 Å². The first-order valence-corrected chi connectivity index (χ1v) is 9.57. The molecule has 0 radical (unpaired) electrons. The summed E-state index contributed by atoms with van der Waals surface area (Å²) in [6, 6.07) is 2.76. The van der Waals surface area contributed by atoms with Crippen LogP contribution in [0.15, 0.2) is 28.0 Å². The second-order valence-electron chi connectivity index (χ2n) is 4.91.